The Morgan fingerprint density at radius 2 is 2.04 bits per heavy atom. The van der Waals surface area contributed by atoms with E-state index in [1.807, 2.05) is 0 Å². The summed E-state index contributed by atoms with van der Waals surface area (Å²) < 4.78 is 31.4. The van der Waals surface area contributed by atoms with Gasteiger partial charge in [0.1, 0.15) is 0 Å². The summed E-state index contributed by atoms with van der Waals surface area (Å²) in [6, 6.07) is 5.72. The Labute approximate surface area is 140 Å². The maximum absolute atomic E-state index is 12.5. The average Bonchev–Trinajstić information content (AvgIpc) is 3.08. The molecule has 2 aliphatic rings. The fraction of sp³-hybridized carbons (Fsp3) is 0.467. The first-order valence-electron chi connectivity index (χ1n) is 7.72. The van der Waals surface area contributed by atoms with Crippen LogP contribution in [-0.4, -0.2) is 63.4 Å². The molecule has 2 heterocycles. The number of piperazine rings is 1. The molecule has 0 bridgehead atoms. The molecular weight excluding hydrogens is 334 g/mol. The van der Waals surface area contributed by atoms with E-state index in [1.165, 1.54) is 24.3 Å². The second-order valence-corrected chi connectivity index (χ2v) is 7.68. The van der Waals surface area contributed by atoms with Crippen LogP contribution < -0.4 is 10.6 Å². The van der Waals surface area contributed by atoms with Crippen molar-refractivity contribution in [1.29, 1.82) is 0 Å². The number of ether oxygens (including phenoxy) is 1. The van der Waals surface area contributed by atoms with Crippen LogP contribution in [0.2, 0.25) is 0 Å². The van der Waals surface area contributed by atoms with Crippen molar-refractivity contribution in [3.05, 3.63) is 29.8 Å². The number of hydrogen-bond donors (Lipinski definition) is 2. The van der Waals surface area contributed by atoms with Gasteiger partial charge in [0.05, 0.1) is 24.1 Å². The van der Waals surface area contributed by atoms with Crippen LogP contribution in [0.1, 0.15) is 16.8 Å². The van der Waals surface area contributed by atoms with Gasteiger partial charge in [-0.3, -0.25) is 9.59 Å². The highest BCUT2D eigenvalue weighted by Gasteiger charge is 2.29. The van der Waals surface area contributed by atoms with Crippen LogP contribution in [0.3, 0.4) is 0 Å². The smallest absolute Gasteiger partial charge is 0.251 e. The summed E-state index contributed by atoms with van der Waals surface area (Å²) in [6.07, 6.45) is 0.773. The third kappa shape index (κ3) is 3.58. The van der Waals surface area contributed by atoms with Gasteiger partial charge < -0.3 is 15.4 Å². The van der Waals surface area contributed by atoms with Crippen LogP contribution >= 0.6 is 0 Å². The van der Waals surface area contributed by atoms with E-state index in [0.29, 0.717) is 25.3 Å². The Hall–Kier alpha value is -1.97. The molecule has 0 aromatic heterocycles. The molecule has 0 radical (unpaired) electrons. The van der Waals surface area contributed by atoms with Crippen LogP contribution in [0.5, 0.6) is 0 Å². The number of carbonyl (C=O) groups excluding carboxylic acids is 2. The molecule has 0 spiro atoms. The van der Waals surface area contributed by atoms with Crippen molar-refractivity contribution in [3.8, 4) is 0 Å². The van der Waals surface area contributed by atoms with Crippen molar-refractivity contribution in [2.24, 2.45) is 0 Å². The molecule has 1 aromatic carbocycles. The van der Waals surface area contributed by atoms with E-state index in [2.05, 4.69) is 10.6 Å². The number of nitrogens with zero attached hydrogens (tertiary/aromatic N) is 1. The van der Waals surface area contributed by atoms with E-state index in [4.69, 9.17) is 4.74 Å². The van der Waals surface area contributed by atoms with Gasteiger partial charge in [-0.25, -0.2) is 8.42 Å². The molecule has 2 saturated heterocycles. The van der Waals surface area contributed by atoms with Crippen molar-refractivity contribution < 1.29 is 22.7 Å². The number of amides is 2. The summed E-state index contributed by atoms with van der Waals surface area (Å²) in [6.45, 7) is 1.47. The van der Waals surface area contributed by atoms with Crippen molar-refractivity contribution >= 4 is 21.8 Å². The van der Waals surface area contributed by atoms with Crippen molar-refractivity contribution in [1.82, 2.24) is 14.9 Å². The molecule has 9 heteroatoms. The largest absolute Gasteiger partial charge is 0.379 e. The van der Waals surface area contributed by atoms with Crippen LogP contribution in [-0.2, 0) is 19.6 Å². The molecule has 130 valence electrons. The molecule has 24 heavy (non-hydrogen) atoms. The zero-order valence-corrected chi connectivity index (χ0v) is 13.8. The van der Waals surface area contributed by atoms with E-state index in [1.54, 1.807) is 0 Å². The first kappa shape index (κ1) is 16.9. The first-order chi connectivity index (χ1) is 11.5. The fourth-order valence-corrected chi connectivity index (χ4v) is 4.06. The number of hydrogen-bond acceptors (Lipinski definition) is 5. The molecule has 2 fully saturated rings. The van der Waals surface area contributed by atoms with Crippen LogP contribution in [0, 0.1) is 0 Å². The quantitative estimate of drug-likeness (QED) is 0.747. The number of rotatable bonds is 4. The highest BCUT2D eigenvalue weighted by atomic mass is 32.2. The molecule has 2 aliphatic heterocycles. The number of sulfonamides is 1. The number of benzene rings is 1. The second-order valence-electron chi connectivity index (χ2n) is 5.75. The van der Waals surface area contributed by atoms with Gasteiger partial charge in [0.2, 0.25) is 15.9 Å². The lowest BCUT2D eigenvalue weighted by Gasteiger charge is -2.25. The summed E-state index contributed by atoms with van der Waals surface area (Å²) in [5.74, 6) is -0.577. The highest BCUT2D eigenvalue weighted by Crippen LogP contribution is 2.17. The van der Waals surface area contributed by atoms with Gasteiger partial charge in [0, 0.05) is 25.3 Å². The van der Waals surface area contributed by atoms with Crippen molar-refractivity contribution in [2.45, 2.75) is 17.4 Å². The molecule has 1 atom stereocenters. The normalized spacial score (nSPS) is 22.2. The maximum Gasteiger partial charge on any atom is 0.251 e. The SMILES string of the molecule is O=C1CN(S(=O)(=O)c2ccc(C(=O)N[C@@H]3CCOC3)cc2)CCN1. The Balaban J connectivity index is 1.71. The summed E-state index contributed by atoms with van der Waals surface area (Å²) in [4.78, 5) is 23.6. The monoisotopic (exact) mass is 353 g/mol. The lowest BCUT2D eigenvalue weighted by Crippen LogP contribution is -2.49. The second kappa shape index (κ2) is 6.88. The Morgan fingerprint density at radius 1 is 1.29 bits per heavy atom. The first-order valence-corrected chi connectivity index (χ1v) is 9.16. The zero-order valence-electron chi connectivity index (χ0n) is 13.0. The van der Waals surface area contributed by atoms with Gasteiger partial charge in [-0.2, -0.15) is 4.31 Å². The third-order valence-corrected chi connectivity index (χ3v) is 5.88. The van der Waals surface area contributed by atoms with Gasteiger partial charge in [-0.15, -0.1) is 0 Å². The molecule has 2 N–H and O–H groups in total. The minimum absolute atomic E-state index is 0.00669. The molecule has 1 aromatic rings. The van der Waals surface area contributed by atoms with Crippen LogP contribution in [0.25, 0.3) is 0 Å². The predicted octanol–water partition coefficient (Wildman–Crippen LogP) is -0.674. The average molecular weight is 353 g/mol. The Bertz CT molecular complexity index is 726. The predicted molar refractivity (Wildman–Crippen MR) is 84.9 cm³/mol. The van der Waals surface area contributed by atoms with E-state index < -0.39 is 10.0 Å². The lowest BCUT2D eigenvalue weighted by atomic mass is 10.2. The standard InChI is InChI=1S/C15H19N3O5S/c19-14-9-18(7-6-16-14)24(21,22)13-3-1-11(2-4-13)15(20)17-12-5-8-23-10-12/h1-4,12H,5-10H2,(H,16,19)(H,17,20)/t12-/m1/s1. The highest BCUT2D eigenvalue weighted by molar-refractivity contribution is 7.89. The van der Waals surface area contributed by atoms with E-state index in [9.17, 15) is 18.0 Å². The van der Waals surface area contributed by atoms with E-state index >= 15 is 0 Å². The summed E-state index contributed by atoms with van der Waals surface area (Å²) in [5.41, 5.74) is 0.386. The van der Waals surface area contributed by atoms with Gasteiger partial charge in [-0.05, 0) is 30.7 Å². The van der Waals surface area contributed by atoms with Gasteiger partial charge in [-0.1, -0.05) is 0 Å². The Kier molecular flexibility index (Phi) is 4.83. The molecule has 3 rings (SSSR count). The molecule has 8 nitrogen and oxygen atoms in total. The van der Waals surface area contributed by atoms with Crippen LogP contribution in [0.4, 0.5) is 0 Å². The topological polar surface area (TPSA) is 105 Å². The summed E-state index contributed by atoms with van der Waals surface area (Å²) >= 11 is 0. The summed E-state index contributed by atoms with van der Waals surface area (Å²) in [7, 11) is -3.74. The molecule has 0 unspecified atom stereocenters. The number of nitrogens with one attached hydrogen (secondary N) is 2. The molecule has 0 aliphatic carbocycles. The summed E-state index contributed by atoms with van der Waals surface area (Å²) in [5, 5.41) is 5.43. The maximum atomic E-state index is 12.5. The third-order valence-electron chi connectivity index (χ3n) is 4.02. The van der Waals surface area contributed by atoms with Crippen LogP contribution in [0.15, 0.2) is 29.2 Å². The van der Waals surface area contributed by atoms with Gasteiger partial charge in [0.25, 0.3) is 5.91 Å². The molecular formula is C15H19N3O5S. The van der Waals surface area contributed by atoms with Gasteiger partial charge in [0.15, 0.2) is 0 Å². The lowest BCUT2D eigenvalue weighted by molar-refractivity contribution is -0.122. The van der Waals surface area contributed by atoms with Gasteiger partial charge >= 0.3 is 0 Å². The van der Waals surface area contributed by atoms with Crippen molar-refractivity contribution in [3.63, 3.8) is 0 Å². The minimum Gasteiger partial charge on any atom is -0.379 e. The minimum atomic E-state index is -3.74. The molecule has 2 amide bonds. The number of carbonyl (C=O) groups is 2. The van der Waals surface area contributed by atoms with E-state index in [-0.39, 0.29) is 35.8 Å². The zero-order chi connectivity index (χ0) is 17.2. The van der Waals surface area contributed by atoms with Crippen molar-refractivity contribution in [2.75, 3.05) is 32.8 Å². The fourth-order valence-electron chi connectivity index (χ4n) is 2.66. The molecule has 0 saturated carbocycles. The van der Waals surface area contributed by atoms with E-state index in [0.717, 1.165) is 10.7 Å². The Morgan fingerprint density at radius 3 is 2.67 bits per heavy atom.